The fourth-order valence-electron chi connectivity index (χ4n) is 4.19. The van der Waals surface area contributed by atoms with Gasteiger partial charge in [0.05, 0.1) is 25.2 Å². The van der Waals surface area contributed by atoms with Crippen LogP contribution in [0.2, 0.25) is 0 Å². The van der Waals surface area contributed by atoms with Gasteiger partial charge in [-0.25, -0.2) is 13.7 Å². The van der Waals surface area contributed by atoms with E-state index >= 15 is 0 Å². The van der Waals surface area contributed by atoms with Gasteiger partial charge in [0, 0.05) is 24.4 Å². The number of amides is 3. The van der Waals surface area contributed by atoms with E-state index in [1.54, 1.807) is 6.07 Å². The van der Waals surface area contributed by atoms with Gasteiger partial charge in [0.25, 0.3) is 11.8 Å². The molecule has 0 saturated carbocycles. The molecule has 2 heterocycles. The van der Waals surface area contributed by atoms with E-state index < -0.39 is 23.6 Å². The number of carbonyl (C=O) groups is 3. The Balaban J connectivity index is 1.36. The number of nitrogens with one attached hydrogen (secondary N) is 2. The minimum atomic E-state index is -0.600. The van der Waals surface area contributed by atoms with Gasteiger partial charge in [-0.3, -0.25) is 14.4 Å². The van der Waals surface area contributed by atoms with Crippen molar-refractivity contribution >= 4 is 23.4 Å². The van der Waals surface area contributed by atoms with Gasteiger partial charge in [0.2, 0.25) is 5.91 Å². The molecule has 30 heavy (non-hydrogen) atoms. The Morgan fingerprint density at radius 3 is 2.33 bits per heavy atom. The molecule has 0 aromatic heterocycles. The molecule has 0 unspecified atom stereocenters. The van der Waals surface area contributed by atoms with Crippen LogP contribution in [0.15, 0.2) is 48.5 Å². The molecule has 6 nitrogen and oxygen atoms in total. The summed E-state index contributed by atoms with van der Waals surface area (Å²) in [5.41, 5.74) is 0.388. The third kappa shape index (κ3) is 3.95. The number of likely N-dealkylation sites (tertiary alicyclic amines) is 1. The lowest BCUT2D eigenvalue weighted by molar-refractivity contribution is -0.919. The first-order valence-corrected chi connectivity index (χ1v) is 9.96. The number of para-hydroxylation sites is 1. The van der Waals surface area contributed by atoms with Crippen molar-refractivity contribution in [3.63, 3.8) is 0 Å². The van der Waals surface area contributed by atoms with E-state index in [9.17, 15) is 23.2 Å². The largest absolute Gasteiger partial charge is 0.349 e. The van der Waals surface area contributed by atoms with Crippen molar-refractivity contribution in [1.82, 2.24) is 5.32 Å². The molecular weight excluding hydrogens is 392 g/mol. The normalized spacial score (nSPS) is 24.2. The number of hydrogen-bond acceptors (Lipinski definition) is 3. The number of imide groups is 1. The molecule has 8 heteroatoms. The molecule has 2 saturated heterocycles. The Labute approximate surface area is 172 Å². The quantitative estimate of drug-likeness (QED) is 0.736. The Hall–Kier alpha value is -3.13. The summed E-state index contributed by atoms with van der Waals surface area (Å²) in [6, 6.07) is 10.5. The SMILES string of the molecule is O=C(NC1CC[NH+]([C@H]2CC(=O)N(c3ccccc3F)C2=O)CC1)c1ccc(F)cc1. The number of hydrogen-bond donors (Lipinski definition) is 2. The second kappa shape index (κ2) is 8.31. The van der Waals surface area contributed by atoms with Crippen LogP contribution in [0.3, 0.4) is 0 Å². The Morgan fingerprint density at radius 1 is 1.00 bits per heavy atom. The highest BCUT2D eigenvalue weighted by molar-refractivity contribution is 6.21. The average molecular weight is 414 g/mol. The minimum absolute atomic E-state index is 0.00385. The number of nitrogens with zero attached hydrogens (tertiary/aromatic N) is 1. The Kier molecular flexibility index (Phi) is 5.59. The van der Waals surface area contributed by atoms with Crippen molar-refractivity contribution in [3.05, 3.63) is 65.7 Å². The second-order valence-electron chi connectivity index (χ2n) is 7.69. The van der Waals surface area contributed by atoms with E-state index in [1.807, 2.05) is 0 Å². The minimum Gasteiger partial charge on any atom is -0.349 e. The van der Waals surface area contributed by atoms with Gasteiger partial charge in [0.1, 0.15) is 11.6 Å². The van der Waals surface area contributed by atoms with Crippen molar-refractivity contribution in [2.24, 2.45) is 0 Å². The van der Waals surface area contributed by atoms with Crippen LogP contribution in [0.5, 0.6) is 0 Å². The monoisotopic (exact) mass is 414 g/mol. The summed E-state index contributed by atoms with van der Waals surface area (Å²) < 4.78 is 27.1. The van der Waals surface area contributed by atoms with Crippen molar-refractivity contribution in [1.29, 1.82) is 0 Å². The van der Waals surface area contributed by atoms with Gasteiger partial charge in [-0.15, -0.1) is 0 Å². The zero-order valence-electron chi connectivity index (χ0n) is 16.2. The predicted molar refractivity (Wildman–Crippen MR) is 105 cm³/mol. The van der Waals surface area contributed by atoms with Crippen LogP contribution in [0.4, 0.5) is 14.5 Å². The van der Waals surface area contributed by atoms with Gasteiger partial charge in [-0.1, -0.05) is 12.1 Å². The molecule has 0 bridgehead atoms. The number of halogens is 2. The predicted octanol–water partition coefficient (Wildman–Crippen LogP) is 1.07. The number of quaternary nitrogens is 1. The highest BCUT2D eigenvalue weighted by Gasteiger charge is 2.47. The van der Waals surface area contributed by atoms with Crippen LogP contribution in [0.25, 0.3) is 0 Å². The number of anilines is 1. The van der Waals surface area contributed by atoms with Crippen LogP contribution in [-0.4, -0.2) is 42.9 Å². The molecule has 2 fully saturated rings. The van der Waals surface area contributed by atoms with Crippen LogP contribution in [0, 0.1) is 11.6 Å². The Bertz CT molecular complexity index is 972. The molecule has 2 aliphatic heterocycles. The van der Waals surface area contributed by atoms with E-state index in [4.69, 9.17) is 0 Å². The third-order valence-corrected chi connectivity index (χ3v) is 5.80. The second-order valence-corrected chi connectivity index (χ2v) is 7.69. The highest BCUT2D eigenvalue weighted by Crippen LogP contribution is 2.25. The lowest BCUT2D eigenvalue weighted by atomic mass is 10.0. The van der Waals surface area contributed by atoms with E-state index in [0.29, 0.717) is 31.5 Å². The summed E-state index contributed by atoms with van der Waals surface area (Å²) in [6.45, 7) is 1.23. The summed E-state index contributed by atoms with van der Waals surface area (Å²) in [5, 5.41) is 2.94. The molecular formula is C22H22F2N3O3+. The first-order valence-electron chi connectivity index (χ1n) is 9.96. The van der Waals surface area contributed by atoms with E-state index in [1.165, 1.54) is 42.5 Å². The molecule has 4 rings (SSSR count). The molecule has 2 N–H and O–H groups in total. The highest BCUT2D eigenvalue weighted by atomic mass is 19.1. The molecule has 156 valence electrons. The van der Waals surface area contributed by atoms with E-state index in [0.717, 1.165) is 9.80 Å². The summed E-state index contributed by atoms with van der Waals surface area (Å²) in [4.78, 5) is 39.5. The van der Waals surface area contributed by atoms with E-state index in [-0.39, 0.29) is 30.0 Å². The summed E-state index contributed by atoms with van der Waals surface area (Å²) in [5.74, 6) is -2.04. The number of piperidine rings is 1. The maximum atomic E-state index is 14.1. The number of rotatable bonds is 4. The number of benzene rings is 2. The van der Waals surface area contributed by atoms with Gasteiger partial charge < -0.3 is 10.2 Å². The summed E-state index contributed by atoms with van der Waals surface area (Å²) in [7, 11) is 0. The summed E-state index contributed by atoms with van der Waals surface area (Å²) >= 11 is 0. The van der Waals surface area contributed by atoms with Crippen LogP contribution in [0.1, 0.15) is 29.6 Å². The van der Waals surface area contributed by atoms with Crippen LogP contribution >= 0.6 is 0 Å². The molecule has 0 radical (unpaired) electrons. The lowest BCUT2D eigenvalue weighted by Gasteiger charge is -2.32. The van der Waals surface area contributed by atoms with Gasteiger partial charge in [-0.2, -0.15) is 0 Å². The van der Waals surface area contributed by atoms with Crippen molar-refractivity contribution in [3.8, 4) is 0 Å². The fourth-order valence-corrected chi connectivity index (χ4v) is 4.19. The molecule has 2 aliphatic rings. The first kappa shape index (κ1) is 20.2. The van der Waals surface area contributed by atoms with E-state index in [2.05, 4.69) is 5.32 Å². The smallest absolute Gasteiger partial charge is 0.292 e. The molecule has 0 spiro atoms. The molecule has 3 amide bonds. The van der Waals surface area contributed by atoms with Crippen molar-refractivity contribution in [2.45, 2.75) is 31.3 Å². The van der Waals surface area contributed by atoms with Crippen LogP contribution < -0.4 is 15.1 Å². The average Bonchev–Trinajstić information content (AvgIpc) is 3.03. The van der Waals surface area contributed by atoms with Gasteiger partial charge in [0.15, 0.2) is 6.04 Å². The van der Waals surface area contributed by atoms with Crippen molar-refractivity contribution in [2.75, 3.05) is 18.0 Å². The lowest BCUT2D eigenvalue weighted by Crippen LogP contribution is -3.17. The third-order valence-electron chi connectivity index (χ3n) is 5.80. The zero-order valence-corrected chi connectivity index (χ0v) is 16.2. The number of carbonyl (C=O) groups excluding carboxylic acids is 3. The van der Waals surface area contributed by atoms with Gasteiger partial charge >= 0.3 is 0 Å². The Morgan fingerprint density at radius 2 is 1.67 bits per heavy atom. The van der Waals surface area contributed by atoms with Crippen LogP contribution in [-0.2, 0) is 9.59 Å². The molecule has 2 aromatic carbocycles. The van der Waals surface area contributed by atoms with Gasteiger partial charge in [-0.05, 0) is 36.4 Å². The topological polar surface area (TPSA) is 70.9 Å². The fraction of sp³-hybridized carbons (Fsp3) is 0.318. The first-order chi connectivity index (χ1) is 14.4. The molecule has 1 atom stereocenters. The van der Waals surface area contributed by atoms with Crippen molar-refractivity contribution < 1.29 is 28.1 Å². The maximum Gasteiger partial charge on any atom is 0.292 e. The molecule has 2 aromatic rings. The standard InChI is InChI=1S/C22H21F2N3O3/c23-15-7-5-14(6-8-15)21(29)25-16-9-11-26(12-10-16)19-13-20(28)27(22(19)30)18-4-2-1-3-17(18)24/h1-8,16,19H,9-13H2,(H,25,29)/p+1/t19-/m0/s1. The zero-order chi connectivity index (χ0) is 21.3. The molecule has 0 aliphatic carbocycles. The maximum absolute atomic E-state index is 14.1. The summed E-state index contributed by atoms with van der Waals surface area (Å²) in [6.07, 6.45) is 1.36.